The SMILES string of the molecule is NC(CO)c1cccc(C(O)CO)c1. The molecule has 0 heterocycles. The Morgan fingerprint density at radius 2 is 1.79 bits per heavy atom. The zero-order chi connectivity index (χ0) is 10.6. The highest BCUT2D eigenvalue weighted by molar-refractivity contribution is 5.27. The zero-order valence-electron chi connectivity index (χ0n) is 7.80. The van der Waals surface area contributed by atoms with Gasteiger partial charge < -0.3 is 21.1 Å². The summed E-state index contributed by atoms with van der Waals surface area (Å²) in [4.78, 5) is 0. The highest BCUT2D eigenvalue weighted by Gasteiger charge is 2.09. The third-order valence-corrected chi connectivity index (χ3v) is 2.09. The van der Waals surface area contributed by atoms with E-state index in [0.29, 0.717) is 5.56 Å². The number of hydrogen-bond acceptors (Lipinski definition) is 4. The molecule has 0 saturated carbocycles. The predicted octanol–water partition coefficient (Wildman–Crippen LogP) is -0.296. The quantitative estimate of drug-likeness (QED) is 0.534. The maximum absolute atomic E-state index is 9.35. The van der Waals surface area contributed by atoms with E-state index in [1.54, 1.807) is 24.3 Å². The largest absolute Gasteiger partial charge is 0.394 e. The maximum atomic E-state index is 9.35. The van der Waals surface area contributed by atoms with Crippen LogP contribution in [0.4, 0.5) is 0 Å². The number of aliphatic hydroxyl groups excluding tert-OH is 3. The van der Waals surface area contributed by atoms with Crippen molar-refractivity contribution >= 4 is 0 Å². The van der Waals surface area contributed by atoms with Gasteiger partial charge in [0.25, 0.3) is 0 Å². The van der Waals surface area contributed by atoms with Crippen molar-refractivity contribution in [3.63, 3.8) is 0 Å². The summed E-state index contributed by atoms with van der Waals surface area (Å²) in [6.07, 6.45) is -0.888. The zero-order valence-corrected chi connectivity index (χ0v) is 7.80. The van der Waals surface area contributed by atoms with Gasteiger partial charge in [-0.25, -0.2) is 0 Å². The van der Waals surface area contributed by atoms with Crippen LogP contribution in [-0.2, 0) is 0 Å². The molecule has 0 fully saturated rings. The molecule has 0 radical (unpaired) electrons. The summed E-state index contributed by atoms with van der Waals surface area (Å²) >= 11 is 0. The van der Waals surface area contributed by atoms with Gasteiger partial charge >= 0.3 is 0 Å². The molecule has 4 nitrogen and oxygen atoms in total. The minimum atomic E-state index is -0.888. The minimum absolute atomic E-state index is 0.140. The van der Waals surface area contributed by atoms with Gasteiger partial charge in [-0.15, -0.1) is 0 Å². The van der Waals surface area contributed by atoms with Crippen molar-refractivity contribution in [2.24, 2.45) is 5.73 Å². The molecule has 78 valence electrons. The number of rotatable bonds is 4. The van der Waals surface area contributed by atoms with Crippen LogP contribution in [0.25, 0.3) is 0 Å². The van der Waals surface area contributed by atoms with Gasteiger partial charge in [-0.3, -0.25) is 0 Å². The summed E-state index contributed by atoms with van der Waals surface area (Å²) in [5.74, 6) is 0. The third-order valence-electron chi connectivity index (χ3n) is 2.09. The molecule has 1 aromatic rings. The Labute approximate surface area is 82.6 Å². The smallest absolute Gasteiger partial charge is 0.102 e. The Bertz CT molecular complexity index is 265. The standard InChI is InChI=1S/C10H15NO3/c11-9(5-12)7-2-1-3-8(4-7)10(14)6-13/h1-4,9-10,12-14H,5-6,11H2. The Balaban J connectivity index is 2.89. The van der Waals surface area contributed by atoms with Crippen molar-refractivity contribution in [2.45, 2.75) is 12.1 Å². The number of nitrogens with two attached hydrogens (primary N) is 1. The first-order valence-electron chi connectivity index (χ1n) is 4.44. The highest BCUT2D eigenvalue weighted by atomic mass is 16.3. The molecule has 2 unspecified atom stereocenters. The van der Waals surface area contributed by atoms with Crippen molar-refractivity contribution in [1.29, 1.82) is 0 Å². The molecule has 0 aliphatic rings. The lowest BCUT2D eigenvalue weighted by Crippen LogP contribution is -2.15. The second-order valence-electron chi connectivity index (χ2n) is 3.16. The number of hydrogen-bond donors (Lipinski definition) is 4. The van der Waals surface area contributed by atoms with E-state index in [0.717, 1.165) is 5.56 Å². The van der Waals surface area contributed by atoms with Crippen LogP contribution < -0.4 is 5.73 Å². The highest BCUT2D eigenvalue weighted by Crippen LogP contribution is 2.17. The van der Waals surface area contributed by atoms with Crippen LogP contribution in [0.5, 0.6) is 0 Å². The molecule has 0 aliphatic heterocycles. The van der Waals surface area contributed by atoms with Gasteiger partial charge in [-0.1, -0.05) is 24.3 Å². The van der Waals surface area contributed by atoms with Gasteiger partial charge in [0.15, 0.2) is 0 Å². The fourth-order valence-electron chi connectivity index (χ4n) is 1.21. The lowest BCUT2D eigenvalue weighted by molar-refractivity contribution is 0.0955. The Morgan fingerprint density at radius 1 is 1.14 bits per heavy atom. The molecule has 0 spiro atoms. The Morgan fingerprint density at radius 3 is 2.36 bits per heavy atom. The lowest BCUT2D eigenvalue weighted by atomic mass is 10.0. The summed E-state index contributed by atoms with van der Waals surface area (Å²) in [5, 5.41) is 26.9. The van der Waals surface area contributed by atoms with Crippen LogP contribution in [0.3, 0.4) is 0 Å². The van der Waals surface area contributed by atoms with Crippen molar-refractivity contribution in [3.8, 4) is 0 Å². The number of aliphatic hydroxyl groups is 3. The van der Waals surface area contributed by atoms with Crippen LogP contribution in [0.15, 0.2) is 24.3 Å². The summed E-state index contributed by atoms with van der Waals surface area (Å²) in [7, 11) is 0. The molecular formula is C10H15NO3. The first kappa shape index (κ1) is 11.1. The topological polar surface area (TPSA) is 86.7 Å². The number of benzene rings is 1. The monoisotopic (exact) mass is 197 g/mol. The van der Waals surface area contributed by atoms with E-state index in [9.17, 15) is 5.11 Å². The van der Waals surface area contributed by atoms with Crippen LogP contribution in [0, 0.1) is 0 Å². The Kier molecular flexibility index (Phi) is 4.03. The first-order valence-corrected chi connectivity index (χ1v) is 4.44. The Hall–Kier alpha value is -0.940. The molecule has 4 heteroatoms. The summed E-state index contributed by atoms with van der Waals surface area (Å²) < 4.78 is 0. The summed E-state index contributed by atoms with van der Waals surface area (Å²) in [5.41, 5.74) is 6.96. The van der Waals surface area contributed by atoms with Crippen molar-refractivity contribution < 1.29 is 15.3 Å². The first-order chi connectivity index (χ1) is 6.69. The van der Waals surface area contributed by atoms with Gasteiger partial charge in [0.2, 0.25) is 0 Å². The summed E-state index contributed by atoms with van der Waals surface area (Å²) in [6, 6.07) is 6.45. The molecule has 0 bridgehead atoms. The molecule has 2 atom stereocenters. The average Bonchev–Trinajstić information content (AvgIpc) is 2.27. The van der Waals surface area contributed by atoms with Gasteiger partial charge in [0, 0.05) is 0 Å². The fraction of sp³-hybridized carbons (Fsp3) is 0.400. The van der Waals surface area contributed by atoms with Crippen LogP contribution in [0.2, 0.25) is 0 Å². The van der Waals surface area contributed by atoms with Crippen LogP contribution >= 0.6 is 0 Å². The second kappa shape index (κ2) is 5.07. The van der Waals surface area contributed by atoms with E-state index >= 15 is 0 Å². The van der Waals surface area contributed by atoms with E-state index in [4.69, 9.17) is 15.9 Å². The molecule has 0 saturated heterocycles. The fourth-order valence-corrected chi connectivity index (χ4v) is 1.21. The third kappa shape index (κ3) is 2.52. The van der Waals surface area contributed by atoms with E-state index in [2.05, 4.69) is 0 Å². The van der Waals surface area contributed by atoms with Gasteiger partial charge in [0.05, 0.1) is 19.3 Å². The van der Waals surface area contributed by atoms with Gasteiger partial charge in [0.1, 0.15) is 6.10 Å². The van der Waals surface area contributed by atoms with E-state index in [1.807, 2.05) is 0 Å². The van der Waals surface area contributed by atoms with Gasteiger partial charge in [-0.05, 0) is 11.1 Å². The average molecular weight is 197 g/mol. The lowest BCUT2D eigenvalue weighted by Gasteiger charge is -2.12. The van der Waals surface area contributed by atoms with E-state index in [1.165, 1.54) is 0 Å². The molecule has 0 amide bonds. The summed E-state index contributed by atoms with van der Waals surface area (Å²) in [6.45, 7) is -0.462. The molecule has 1 rings (SSSR count). The normalized spacial score (nSPS) is 15.1. The van der Waals surface area contributed by atoms with E-state index < -0.39 is 12.1 Å². The van der Waals surface area contributed by atoms with E-state index in [-0.39, 0.29) is 13.2 Å². The van der Waals surface area contributed by atoms with Gasteiger partial charge in [-0.2, -0.15) is 0 Å². The second-order valence-corrected chi connectivity index (χ2v) is 3.16. The van der Waals surface area contributed by atoms with Crippen LogP contribution in [-0.4, -0.2) is 28.5 Å². The molecule has 14 heavy (non-hydrogen) atoms. The molecule has 1 aromatic carbocycles. The molecular weight excluding hydrogens is 182 g/mol. The van der Waals surface area contributed by atoms with Crippen LogP contribution in [0.1, 0.15) is 23.3 Å². The van der Waals surface area contributed by atoms with Crippen molar-refractivity contribution in [1.82, 2.24) is 0 Å². The molecule has 5 N–H and O–H groups in total. The predicted molar refractivity (Wildman–Crippen MR) is 52.5 cm³/mol. The maximum Gasteiger partial charge on any atom is 0.102 e. The molecule has 0 aliphatic carbocycles. The van der Waals surface area contributed by atoms with Crippen molar-refractivity contribution in [2.75, 3.05) is 13.2 Å². The van der Waals surface area contributed by atoms with Crippen molar-refractivity contribution in [3.05, 3.63) is 35.4 Å². The minimum Gasteiger partial charge on any atom is -0.394 e. The molecule has 0 aromatic heterocycles.